The van der Waals surface area contributed by atoms with Gasteiger partial charge in [-0.3, -0.25) is 19.2 Å². The van der Waals surface area contributed by atoms with E-state index < -0.39 is 59.7 Å². The summed E-state index contributed by atoms with van der Waals surface area (Å²) in [7, 11) is 0. The number of carbonyl (C=O) groups excluding carboxylic acids is 4. The van der Waals surface area contributed by atoms with E-state index in [1.54, 1.807) is 13.8 Å². The first-order valence-electron chi connectivity index (χ1n) is 11.6. The van der Waals surface area contributed by atoms with Crippen LogP contribution in [0.4, 0.5) is 0 Å². The highest BCUT2D eigenvalue weighted by atomic mass is 16.4. The Balaban J connectivity index is 2.10. The summed E-state index contributed by atoms with van der Waals surface area (Å²) in [5, 5.41) is 17.0. The molecule has 2 aromatic heterocycles. The van der Waals surface area contributed by atoms with Crippen molar-refractivity contribution in [1.82, 2.24) is 35.9 Å². The molecule has 0 aliphatic heterocycles. The first-order valence-corrected chi connectivity index (χ1v) is 11.6. The van der Waals surface area contributed by atoms with E-state index >= 15 is 0 Å². The molecule has 0 saturated carbocycles. The second-order valence-corrected chi connectivity index (χ2v) is 8.86. The molecular weight excluding hydrogens is 486 g/mol. The molecule has 37 heavy (non-hydrogen) atoms. The molecule has 0 aliphatic rings. The smallest absolute Gasteiger partial charge is 0.326 e. The molecule has 2 heterocycles. The third-order valence-corrected chi connectivity index (χ3v) is 5.48. The van der Waals surface area contributed by atoms with E-state index in [9.17, 15) is 29.1 Å². The number of nitrogens with one attached hydrogen (secondary N) is 5. The predicted octanol–water partition coefficient (Wildman–Crippen LogP) is -2.29. The van der Waals surface area contributed by atoms with E-state index in [4.69, 9.17) is 11.5 Å². The highest BCUT2D eigenvalue weighted by Crippen LogP contribution is 2.07. The first-order chi connectivity index (χ1) is 17.5. The van der Waals surface area contributed by atoms with Gasteiger partial charge in [0.25, 0.3) is 0 Å². The molecule has 4 amide bonds. The Bertz CT molecular complexity index is 1050. The van der Waals surface area contributed by atoms with Gasteiger partial charge in [0.1, 0.15) is 18.1 Å². The molecule has 4 unspecified atom stereocenters. The van der Waals surface area contributed by atoms with Gasteiger partial charge in [0.2, 0.25) is 23.6 Å². The molecule has 2 aromatic rings. The van der Waals surface area contributed by atoms with Crippen LogP contribution in [-0.4, -0.2) is 78.8 Å². The minimum absolute atomic E-state index is 0.0868. The molecule has 15 nitrogen and oxygen atoms in total. The fraction of sp³-hybridized carbons (Fsp3) is 0.500. The van der Waals surface area contributed by atoms with Gasteiger partial charge in [-0.05, 0) is 12.3 Å². The van der Waals surface area contributed by atoms with Crippen molar-refractivity contribution >= 4 is 29.6 Å². The zero-order valence-electron chi connectivity index (χ0n) is 20.6. The lowest BCUT2D eigenvalue weighted by Gasteiger charge is -2.27. The molecule has 0 radical (unpaired) electrons. The van der Waals surface area contributed by atoms with Crippen LogP contribution in [0.2, 0.25) is 0 Å². The number of imidazole rings is 2. The van der Waals surface area contributed by atoms with Gasteiger partial charge in [-0.15, -0.1) is 0 Å². The second-order valence-electron chi connectivity index (χ2n) is 8.86. The van der Waals surface area contributed by atoms with Gasteiger partial charge in [0.15, 0.2) is 0 Å². The topological polar surface area (TPSA) is 251 Å². The number of nitrogens with two attached hydrogens (primary N) is 2. The number of hydrogen-bond acceptors (Lipinski definition) is 8. The standard InChI is InChI=1S/C22H33N9O6/c1-11(2)18(31-19(33)14(23)5-12-7-25-9-27-12)21(35)29-15(3-4-17(24)32)20(34)30-16(22(36)37)6-13-8-26-10-28-13/h7-11,14-16,18H,3-6,23H2,1-2H3,(H2,24,32)(H,25,27)(H,26,28)(H,29,35)(H,30,34)(H,31,33)(H,36,37). The average Bonchev–Trinajstić information content (AvgIpc) is 3.53. The van der Waals surface area contributed by atoms with Gasteiger partial charge < -0.3 is 42.5 Å². The maximum absolute atomic E-state index is 13.1. The van der Waals surface area contributed by atoms with Crippen LogP contribution in [0.1, 0.15) is 38.1 Å². The van der Waals surface area contributed by atoms with Gasteiger partial charge in [-0.1, -0.05) is 13.8 Å². The Morgan fingerprint density at radius 3 is 1.95 bits per heavy atom. The van der Waals surface area contributed by atoms with Gasteiger partial charge in [-0.25, -0.2) is 14.8 Å². The number of carboxylic acids is 1. The van der Waals surface area contributed by atoms with Crippen molar-refractivity contribution in [1.29, 1.82) is 0 Å². The highest BCUT2D eigenvalue weighted by molar-refractivity contribution is 5.94. The third kappa shape index (κ3) is 9.36. The summed E-state index contributed by atoms with van der Waals surface area (Å²) in [6, 6.07) is -4.66. The van der Waals surface area contributed by atoms with Gasteiger partial charge in [-0.2, -0.15) is 0 Å². The number of carboxylic acid groups (broad SMARTS) is 1. The molecule has 202 valence electrons. The SMILES string of the molecule is CC(C)C(NC(=O)C(N)Cc1cnc[nH]1)C(=O)NC(CCC(N)=O)C(=O)NC(Cc1cnc[nH]1)C(=O)O. The number of primary amides is 1. The van der Waals surface area contributed by atoms with Crippen LogP contribution in [0, 0.1) is 5.92 Å². The Hall–Kier alpha value is -4.27. The maximum atomic E-state index is 13.1. The molecule has 0 fully saturated rings. The second kappa shape index (κ2) is 13.7. The molecule has 0 aliphatic carbocycles. The lowest BCUT2D eigenvalue weighted by Crippen LogP contribution is -2.58. The minimum atomic E-state index is -1.33. The van der Waals surface area contributed by atoms with Crippen molar-refractivity contribution in [3.8, 4) is 0 Å². The summed E-state index contributed by atoms with van der Waals surface area (Å²) in [4.78, 5) is 75.0. The largest absolute Gasteiger partial charge is 0.480 e. The number of nitrogens with zero attached hydrogens (tertiary/aromatic N) is 2. The Labute approximate surface area is 212 Å². The quantitative estimate of drug-likeness (QED) is 0.126. The van der Waals surface area contributed by atoms with Gasteiger partial charge in [0.05, 0.1) is 18.7 Å². The number of H-pyrrole nitrogens is 2. The fourth-order valence-corrected chi connectivity index (χ4v) is 3.43. The third-order valence-electron chi connectivity index (χ3n) is 5.48. The zero-order chi connectivity index (χ0) is 27.5. The average molecular weight is 520 g/mol. The van der Waals surface area contributed by atoms with Crippen LogP contribution in [0.25, 0.3) is 0 Å². The van der Waals surface area contributed by atoms with E-state index in [0.29, 0.717) is 11.4 Å². The Morgan fingerprint density at radius 1 is 0.892 bits per heavy atom. The van der Waals surface area contributed by atoms with Crippen LogP contribution in [-0.2, 0) is 36.8 Å². The normalized spacial score (nSPS) is 14.3. The molecule has 0 bridgehead atoms. The van der Waals surface area contributed by atoms with Crippen molar-refractivity contribution < 1.29 is 29.1 Å². The van der Waals surface area contributed by atoms with Crippen LogP contribution in [0.3, 0.4) is 0 Å². The van der Waals surface area contributed by atoms with E-state index in [1.807, 2.05) is 0 Å². The monoisotopic (exact) mass is 519 g/mol. The molecule has 0 spiro atoms. The number of rotatable bonds is 15. The first kappa shape index (κ1) is 29.0. The van der Waals surface area contributed by atoms with Crippen molar-refractivity contribution in [2.75, 3.05) is 0 Å². The van der Waals surface area contributed by atoms with Crippen LogP contribution >= 0.6 is 0 Å². The molecule has 15 heteroatoms. The van der Waals surface area contributed by atoms with Crippen LogP contribution in [0.5, 0.6) is 0 Å². The predicted molar refractivity (Wildman–Crippen MR) is 129 cm³/mol. The van der Waals surface area contributed by atoms with E-state index in [1.165, 1.54) is 25.0 Å². The number of aromatic nitrogens is 4. The molecular formula is C22H33N9O6. The summed E-state index contributed by atoms with van der Waals surface area (Å²) in [6.45, 7) is 3.38. The van der Waals surface area contributed by atoms with Crippen molar-refractivity contribution in [2.45, 2.75) is 63.7 Å². The number of aliphatic carboxylic acids is 1. The summed E-state index contributed by atoms with van der Waals surface area (Å²) >= 11 is 0. The van der Waals surface area contributed by atoms with Crippen molar-refractivity contribution in [3.63, 3.8) is 0 Å². The maximum Gasteiger partial charge on any atom is 0.326 e. The van der Waals surface area contributed by atoms with Crippen molar-refractivity contribution in [3.05, 3.63) is 36.4 Å². The number of aromatic amines is 2. The van der Waals surface area contributed by atoms with E-state index in [0.717, 1.165) is 0 Å². The van der Waals surface area contributed by atoms with E-state index in [2.05, 4.69) is 35.9 Å². The molecule has 0 saturated heterocycles. The lowest BCUT2D eigenvalue weighted by atomic mass is 10.0. The van der Waals surface area contributed by atoms with Crippen LogP contribution in [0.15, 0.2) is 25.0 Å². The minimum Gasteiger partial charge on any atom is -0.480 e. The molecule has 2 rings (SSSR count). The fourth-order valence-electron chi connectivity index (χ4n) is 3.43. The summed E-state index contributed by atoms with van der Waals surface area (Å²) in [6.07, 6.45) is 5.41. The molecule has 0 aromatic carbocycles. The van der Waals surface area contributed by atoms with E-state index in [-0.39, 0.29) is 25.7 Å². The van der Waals surface area contributed by atoms with Gasteiger partial charge in [0, 0.05) is 43.0 Å². The molecule has 4 atom stereocenters. The number of hydrogen-bond donors (Lipinski definition) is 8. The summed E-state index contributed by atoms with van der Waals surface area (Å²) < 4.78 is 0. The highest BCUT2D eigenvalue weighted by Gasteiger charge is 2.32. The van der Waals surface area contributed by atoms with Crippen molar-refractivity contribution in [2.24, 2.45) is 17.4 Å². The lowest BCUT2D eigenvalue weighted by molar-refractivity contribution is -0.142. The van der Waals surface area contributed by atoms with Gasteiger partial charge >= 0.3 is 5.97 Å². The Morgan fingerprint density at radius 2 is 1.46 bits per heavy atom. The molecule has 10 N–H and O–H groups in total. The van der Waals surface area contributed by atoms with Crippen LogP contribution < -0.4 is 27.4 Å². The Kier molecular flexibility index (Phi) is 10.7. The summed E-state index contributed by atoms with van der Waals surface area (Å²) in [5.74, 6) is -4.53. The number of carbonyl (C=O) groups is 5. The number of amides is 4. The zero-order valence-corrected chi connectivity index (χ0v) is 20.6. The summed E-state index contributed by atoms with van der Waals surface area (Å²) in [5.41, 5.74) is 12.3.